The van der Waals surface area contributed by atoms with E-state index in [1.165, 1.54) is 4.31 Å². The third-order valence-corrected chi connectivity index (χ3v) is 5.39. The second-order valence-corrected chi connectivity index (χ2v) is 6.86. The molecule has 0 amide bonds. The molecule has 1 aliphatic rings. The number of hydrogen-bond acceptors (Lipinski definition) is 4. The minimum Gasteiger partial charge on any atom is -0.378 e. The van der Waals surface area contributed by atoms with E-state index in [0.717, 1.165) is 5.69 Å². The Bertz CT molecular complexity index is 712. The van der Waals surface area contributed by atoms with E-state index in [4.69, 9.17) is 4.74 Å². The molecule has 6 nitrogen and oxygen atoms in total. The lowest BCUT2D eigenvalue weighted by molar-refractivity contribution is 0.0292. The van der Waals surface area contributed by atoms with Crippen LogP contribution in [0.3, 0.4) is 0 Å². The van der Waals surface area contributed by atoms with Gasteiger partial charge >= 0.3 is 0 Å². The first-order chi connectivity index (χ1) is 10.1. The molecule has 0 saturated carbocycles. The Kier molecular flexibility index (Phi) is 3.79. The van der Waals surface area contributed by atoms with Crippen molar-refractivity contribution < 1.29 is 13.2 Å². The summed E-state index contributed by atoms with van der Waals surface area (Å²) in [5.74, 6) is 0.617. The van der Waals surface area contributed by atoms with Crippen LogP contribution in [0.2, 0.25) is 0 Å². The molecule has 1 unspecified atom stereocenters. The Morgan fingerprint density at radius 1 is 1.33 bits per heavy atom. The number of ether oxygens (including phenoxy) is 1. The van der Waals surface area contributed by atoms with Crippen LogP contribution in [0.25, 0.3) is 0 Å². The van der Waals surface area contributed by atoms with Crippen molar-refractivity contribution in [3.63, 3.8) is 0 Å². The summed E-state index contributed by atoms with van der Waals surface area (Å²) in [5, 5.41) is 0. The molecule has 0 aliphatic carbocycles. The summed E-state index contributed by atoms with van der Waals surface area (Å²) in [6.45, 7) is 2.90. The number of hydrogen-bond donors (Lipinski definition) is 1. The van der Waals surface area contributed by atoms with E-state index >= 15 is 0 Å². The van der Waals surface area contributed by atoms with Gasteiger partial charge in [0.1, 0.15) is 11.9 Å². The summed E-state index contributed by atoms with van der Waals surface area (Å²) in [4.78, 5) is 7.65. The number of morpholine rings is 1. The molecule has 0 bridgehead atoms. The second kappa shape index (κ2) is 5.59. The summed E-state index contributed by atoms with van der Waals surface area (Å²) >= 11 is 0. The van der Waals surface area contributed by atoms with Gasteiger partial charge < -0.3 is 9.72 Å². The number of sulfonamides is 1. The molecule has 1 aromatic carbocycles. The van der Waals surface area contributed by atoms with Gasteiger partial charge in [-0.15, -0.1) is 0 Å². The van der Waals surface area contributed by atoms with Crippen molar-refractivity contribution in [2.24, 2.45) is 0 Å². The first-order valence-corrected chi connectivity index (χ1v) is 8.19. The molecule has 1 saturated heterocycles. The quantitative estimate of drug-likeness (QED) is 0.932. The molecule has 0 radical (unpaired) electrons. The maximum atomic E-state index is 12.8. The lowest BCUT2D eigenvalue weighted by Crippen LogP contribution is -2.43. The fourth-order valence-corrected chi connectivity index (χ4v) is 4.00. The highest BCUT2D eigenvalue weighted by atomic mass is 32.2. The smallest absolute Gasteiger partial charge is 0.243 e. The SMILES string of the molecule is Cc1cnc(C2COCCN2S(=O)(=O)c2ccccc2)[nH]1. The van der Waals surface area contributed by atoms with Gasteiger partial charge in [0, 0.05) is 18.4 Å². The van der Waals surface area contributed by atoms with Gasteiger partial charge in [0.2, 0.25) is 10.0 Å². The maximum Gasteiger partial charge on any atom is 0.243 e. The van der Waals surface area contributed by atoms with Gasteiger partial charge in [-0.3, -0.25) is 0 Å². The van der Waals surface area contributed by atoms with Crippen LogP contribution >= 0.6 is 0 Å². The number of rotatable bonds is 3. The van der Waals surface area contributed by atoms with Crippen LogP contribution < -0.4 is 0 Å². The molecule has 2 aromatic rings. The molecule has 7 heteroatoms. The van der Waals surface area contributed by atoms with E-state index < -0.39 is 16.1 Å². The molecule has 21 heavy (non-hydrogen) atoms. The molecular formula is C14H17N3O3S. The Morgan fingerprint density at radius 2 is 2.10 bits per heavy atom. The predicted molar refractivity (Wildman–Crippen MR) is 77.2 cm³/mol. The standard InChI is InChI=1S/C14H17N3O3S/c1-11-9-15-14(16-11)13-10-20-8-7-17(13)21(18,19)12-5-3-2-4-6-12/h2-6,9,13H,7-8,10H2,1H3,(H,15,16). The van der Waals surface area contributed by atoms with Gasteiger partial charge in [-0.2, -0.15) is 4.31 Å². The van der Waals surface area contributed by atoms with E-state index in [2.05, 4.69) is 9.97 Å². The number of benzene rings is 1. The van der Waals surface area contributed by atoms with Crippen molar-refractivity contribution in [3.8, 4) is 0 Å². The second-order valence-electron chi connectivity index (χ2n) is 4.97. The zero-order valence-corrected chi connectivity index (χ0v) is 12.5. The minimum atomic E-state index is -3.56. The molecule has 2 heterocycles. The van der Waals surface area contributed by atoms with Crippen molar-refractivity contribution in [1.82, 2.24) is 14.3 Å². The van der Waals surface area contributed by atoms with Crippen molar-refractivity contribution >= 4 is 10.0 Å². The molecule has 1 aromatic heterocycles. The van der Waals surface area contributed by atoms with Gasteiger partial charge in [0.25, 0.3) is 0 Å². The molecular weight excluding hydrogens is 290 g/mol. The first-order valence-electron chi connectivity index (χ1n) is 6.75. The van der Waals surface area contributed by atoms with Crippen LogP contribution in [0, 0.1) is 6.92 Å². The normalized spacial score (nSPS) is 20.5. The third kappa shape index (κ3) is 2.72. The number of H-pyrrole nitrogens is 1. The lowest BCUT2D eigenvalue weighted by Gasteiger charge is -2.33. The molecule has 3 rings (SSSR count). The monoisotopic (exact) mass is 307 g/mol. The molecule has 1 atom stereocenters. The van der Waals surface area contributed by atoms with E-state index in [-0.39, 0.29) is 0 Å². The number of nitrogens with zero attached hydrogens (tertiary/aromatic N) is 2. The van der Waals surface area contributed by atoms with Crippen LogP contribution in [-0.2, 0) is 14.8 Å². The van der Waals surface area contributed by atoms with Crippen molar-refractivity contribution in [1.29, 1.82) is 0 Å². The van der Waals surface area contributed by atoms with Gasteiger partial charge in [0.15, 0.2) is 0 Å². The van der Waals surface area contributed by atoms with Crippen LogP contribution in [0.5, 0.6) is 0 Å². The number of aromatic amines is 1. The van der Waals surface area contributed by atoms with Crippen molar-refractivity contribution in [3.05, 3.63) is 48.0 Å². The van der Waals surface area contributed by atoms with Crippen LogP contribution in [-0.4, -0.2) is 42.4 Å². The maximum absolute atomic E-state index is 12.8. The van der Waals surface area contributed by atoms with E-state index in [1.807, 2.05) is 6.92 Å². The predicted octanol–water partition coefficient (Wildman–Crippen LogP) is 1.48. The number of imidazole rings is 1. The number of aryl methyl sites for hydroxylation is 1. The summed E-state index contributed by atoms with van der Waals surface area (Å²) < 4.78 is 32.5. The molecule has 0 spiro atoms. The highest BCUT2D eigenvalue weighted by Crippen LogP contribution is 2.28. The zero-order valence-electron chi connectivity index (χ0n) is 11.7. The third-order valence-electron chi connectivity index (χ3n) is 3.47. The number of aromatic nitrogens is 2. The zero-order chi connectivity index (χ0) is 14.9. The summed E-state index contributed by atoms with van der Waals surface area (Å²) in [5.41, 5.74) is 0.896. The average molecular weight is 307 g/mol. The van der Waals surface area contributed by atoms with E-state index in [0.29, 0.717) is 30.5 Å². The summed E-state index contributed by atoms with van der Waals surface area (Å²) in [6, 6.07) is 8.03. The van der Waals surface area contributed by atoms with Gasteiger partial charge in [-0.25, -0.2) is 13.4 Å². The van der Waals surface area contributed by atoms with E-state index in [9.17, 15) is 8.42 Å². The van der Waals surface area contributed by atoms with Crippen molar-refractivity contribution in [2.45, 2.75) is 17.9 Å². The van der Waals surface area contributed by atoms with Crippen molar-refractivity contribution in [2.75, 3.05) is 19.8 Å². The highest BCUT2D eigenvalue weighted by molar-refractivity contribution is 7.89. The van der Waals surface area contributed by atoms with Crippen LogP contribution in [0.15, 0.2) is 41.4 Å². The fraction of sp³-hybridized carbons (Fsp3) is 0.357. The van der Waals surface area contributed by atoms with Gasteiger partial charge in [-0.05, 0) is 19.1 Å². The first kappa shape index (κ1) is 14.2. The van der Waals surface area contributed by atoms with E-state index in [1.54, 1.807) is 36.5 Å². The number of nitrogens with one attached hydrogen (secondary N) is 1. The summed E-state index contributed by atoms with van der Waals surface area (Å²) in [6.07, 6.45) is 1.69. The molecule has 1 aliphatic heterocycles. The molecule has 1 N–H and O–H groups in total. The summed E-state index contributed by atoms with van der Waals surface area (Å²) in [7, 11) is -3.56. The largest absolute Gasteiger partial charge is 0.378 e. The molecule has 112 valence electrons. The Labute approximate surface area is 123 Å². The molecule has 1 fully saturated rings. The van der Waals surface area contributed by atoms with Crippen LogP contribution in [0.1, 0.15) is 17.6 Å². The topological polar surface area (TPSA) is 75.3 Å². The van der Waals surface area contributed by atoms with Gasteiger partial charge in [0.05, 0.1) is 18.1 Å². The Balaban J connectivity index is 1.98. The lowest BCUT2D eigenvalue weighted by atomic mass is 10.2. The van der Waals surface area contributed by atoms with Crippen LogP contribution in [0.4, 0.5) is 0 Å². The Hall–Kier alpha value is -1.70. The highest BCUT2D eigenvalue weighted by Gasteiger charge is 2.36. The average Bonchev–Trinajstić information content (AvgIpc) is 2.95. The minimum absolute atomic E-state index is 0.292. The van der Waals surface area contributed by atoms with Gasteiger partial charge in [-0.1, -0.05) is 18.2 Å². The Morgan fingerprint density at radius 3 is 2.76 bits per heavy atom. The fourth-order valence-electron chi connectivity index (χ4n) is 2.42.